The van der Waals surface area contributed by atoms with E-state index in [4.69, 9.17) is 0 Å². The summed E-state index contributed by atoms with van der Waals surface area (Å²) in [6, 6.07) is 15.7. The van der Waals surface area contributed by atoms with Crippen molar-refractivity contribution in [1.82, 2.24) is 0 Å². The molecule has 110 valence electrons. The standard InChI is InChI=1S/C20H26N/c1-5-18-16-12-8-9-13-17(16)19-14-10-11-15(4)21(19)20(18,6-2)7-3/h8-14,18H,5-7H2,1-4H3/q+1. The van der Waals surface area contributed by atoms with Crippen LogP contribution in [-0.4, -0.2) is 0 Å². The van der Waals surface area contributed by atoms with Crippen molar-refractivity contribution in [2.24, 2.45) is 0 Å². The normalized spacial score (nSPS) is 19.0. The van der Waals surface area contributed by atoms with E-state index in [0.717, 1.165) is 0 Å². The molecule has 1 aliphatic heterocycles. The quantitative estimate of drug-likeness (QED) is 0.699. The maximum Gasteiger partial charge on any atom is 0.213 e. The Morgan fingerprint density at radius 3 is 2.33 bits per heavy atom. The Labute approximate surface area is 128 Å². The van der Waals surface area contributed by atoms with Crippen molar-refractivity contribution in [2.75, 3.05) is 0 Å². The van der Waals surface area contributed by atoms with Crippen LogP contribution in [0.3, 0.4) is 0 Å². The fraction of sp³-hybridized carbons (Fsp3) is 0.450. The maximum atomic E-state index is 2.63. The predicted octanol–water partition coefficient (Wildman–Crippen LogP) is 4.97. The first kappa shape index (κ1) is 14.3. The summed E-state index contributed by atoms with van der Waals surface area (Å²) in [5, 5.41) is 0. The lowest BCUT2D eigenvalue weighted by Crippen LogP contribution is -2.63. The van der Waals surface area contributed by atoms with Crippen molar-refractivity contribution in [3.8, 4) is 11.3 Å². The van der Waals surface area contributed by atoms with Gasteiger partial charge in [0, 0.05) is 43.4 Å². The Balaban J connectivity index is 2.41. The van der Waals surface area contributed by atoms with Crippen LogP contribution in [-0.2, 0) is 5.54 Å². The van der Waals surface area contributed by atoms with E-state index in [1.165, 1.54) is 41.8 Å². The first-order valence-electron chi connectivity index (χ1n) is 8.31. The Morgan fingerprint density at radius 2 is 1.67 bits per heavy atom. The summed E-state index contributed by atoms with van der Waals surface area (Å²) in [5.74, 6) is 0.599. The summed E-state index contributed by atoms with van der Waals surface area (Å²) in [5.41, 5.74) is 5.94. The molecule has 1 aromatic carbocycles. The highest BCUT2D eigenvalue weighted by molar-refractivity contribution is 5.64. The first-order valence-corrected chi connectivity index (χ1v) is 8.31. The fourth-order valence-electron chi connectivity index (χ4n) is 4.56. The molecule has 3 rings (SSSR count). The molecule has 1 atom stereocenters. The van der Waals surface area contributed by atoms with Crippen LogP contribution in [0.2, 0.25) is 0 Å². The van der Waals surface area contributed by atoms with Gasteiger partial charge in [-0.25, -0.2) is 0 Å². The number of nitrogens with zero attached hydrogens (tertiary/aromatic N) is 1. The molecule has 2 aromatic rings. The highest BCUT2D eigenvalue weighted by Crippen LogP contribution is 2.46. The van der Waals surface area contributed by atoms with Gasteiger partial charge in [0.05, 0.1) is 0 Å². The van der Waals surface area contributed by atoms with Gasteiger partial charge in [-0.15, -0.1) is 0 Å². The molecule has 2 heterocycles. The van der Waals surface area contributed by atoms with Gasteiger partial charge in [-0.1, -0.05) is 39.0 Å². The predicted molar refractivity (Wildman–Crippen MR) is 88.4 cm³/mol. The van der Waals surface area contributed by atoms with Crippen molar-refractivity contribution in [3.05, 3.63) is 53.7 Å². The molecule has 0 aliphatic carbocycles. The zero-order chi connectivity index (χ0) is 15.0. The Hall–Kier alpha value is -1.63. The largest absolute Gasteiger partial charge is 0.213 e. The summed E-state index contributed by atoms with van der Waals surface area (Å²) in [6.45, 7) is 9.29. The van der Waals surface area contributed by atoms with Crippen LogP contribution in [0.25, 0.3) is 11.3 Å². The average molecular weight is 280 g/mol. The van der Waals surface area contributed by atoms with E-state index in [2.05, 4.69) is 74.7 Å². The summed E-state index contributed by atoms with van der Waals surface area (Å²) in [4.78, 5) is 0. The number of fused-ring (bicyclic) bond motifs is 3. The lowest BCUT2D eigenvalue weighted by Gasteiger charge is -2.40. The number of aromatic nitrogens is 1. The molecule has 1 nitrogen and oxygen atoms in total. The van der Waals surface area contributed by atoms with Crippen molar-refractivity contribution >= 4 is 0 Å². The molecular formula is C20H26N+. The van der Waals surface area contributed by atoms with E-state index in [1.54, 1.807) is 0 Å². The van der Waals surface area contributed by atoms with Gasteiger partial charge in [0.1, 0.15) is 0 Å². The van der Waals surface area contributed by atoms with Crippen molar-refractivity contribution in [1.29, 1.82) is 0 Å². The summed E-state index contributed by atoms with van der Waals surface area (Å²) in [6.07, 6.45) is 3.55. The molecule has 1 heteroatoms. The fourth-order valence-corrected chi connectivity index (χ4v) is 4.56. The van der Waals surface area contributed by atoms with Crippen molar-refractivity contribution in [3.63, 3.8) is 0 Å². The molecule has 0 saturated heterocycles. The monoisotopic (exact) mass is 280 g/mol. The Bertz CT molecular complexity index is 653. The zero-order valence-electron chi connectivity index (χ0n) is 13.7. The number of pyridine rings is 1. The summed E-state index contributed by atoms with van der Waals surface area (Å²) in [7, 11) is 0. The Kier molecular flexibility index (Phi) is 3.61. The number of rotatable bonds is 3. The highest BCUT2D eigenvalue weighted by atomic mass is 15.1. The molecule has 1 unspecified atom stereocenters. The molecular weight excluding hydrogens is 254 g/mol. The molecule has 0 spiro atoms. The smallest absolute Gasteiger partial charge is 0.190 e. The van der Waals surface area contributed by atoms with E-state index in [-0.39, 0.29) is 5.54 Å². The average Bonchev–Trinajstić information content (AvgIpc) is 2.53. The summed E-state index contributed by atoms with van der Waals surface area (Å²) < 4.78 is 2.63. The lowest BCUT2D eigenvalue weighted by atomic mass is 9.69. The van der Waals surface area contributed by atoms with Gasteiger partial charge in [-0.05, 0) is 24.1 Å². The van der Waals surface area contributed by atoms with Gasteiger partial charge in [-0.2, -0.15) is 4.57 Å². The van der Waals surface area contributed by atoms with E-state index in [0.29, 0.717) is 5.92 Å². The lowest BCUT2D eigenvalue weighted by molar-refractivity contribution is -0.767. The van der Waals surface area contributed by atoms with E-state index >= 15 is 0 Å². The maximum absolute atomic E-state index is 2.63. The zero-order valence-corrected chi connectivity index (χ0v) is 13.7. The molecule has 0 amide bonds. The molecule has 0 fully saturated rings. The molecule has 1 aromatic heterocycles. The van der Waals surface area contributed by atoms with Gasteiger partial charge >= 0.3 is 0 Å². The number of hydrogen-bond donors (Lipinski definition) is 0. The molecule has 0 N–H and O–H groups in total. The van der Waals surface area contributed by atoms with Crippen LogP contribution in [0, 0.1) is 6.92 Å². The number of benzene rings is 1. The second kappa shape index (κ2) is 5.29. The van der Waals surface area contributed by atoms with Crippen LogP contribution >= 0.6 is 0 Å². The molecule has 21 heavy (non-hydrogen) atoms. The van der Waals surface area contributed by atoms with Gasteiger partial charge in [0.2, 0.25) is 5.69 Å². The van der Waals surface area contributed by atoms with Gasteiger partial charge in [-0.3, -0.25) is 0 Å². The second-order valence-electron chi connectivity index (χ2n) is 6.25. The van der Waals surface area contributed by atoms with Gasteiger partial charge in [0.15, 0.2) is 11.2 Å². The van der Waals surface area contributed by atoms with E-state index in [9.17, 15) is 0 Å². The van der Waals surface area contributed by atoms with Crippen molar-refractivity contribution < 1.29 is 4.57 Å². The SMILES string of the molecule is CCC1c2ccccc2-c2cccc(C)[n+]2C1(CC)CC. The topological polar surface area (TPSA) is 3.88 Å². The number of aryl methyl sites for hydroxylation is 1. The minimum Gasteiger partial charge on any atom is -0.190 e. The van der Waals surface area contributed by atoms with Gasteiger partial charge in [0.25, 0.3) is 0 Å². The van der Waals surface area contributed by atoms with Crippen LogP contribution < -0.4 is 4.57 Å². The molecule has 1 aliphatic rings. The number of hydrogen-bond acceptors (Lipinski definition) is 0. The molecule has 0 bridgehead atoms. The minimum absolute atomic E-state index is 0.212. The van der Waals surface area contributed by atoms with Crippen LogP contribution in [0.15, 0.2) is 42.5 Å². The first-order chi connectivity index (χ1) is 10.2. The molecule has 0 radical (unpaired) electrons. The summed E-state index contributed by atoms with van der Waals surface area (Å²) >= 11 is 0. The van der Waals surface area contributed by atoms with Crippen LogP contribution in [0.5, 0.6) is 0 Å². The minimum atomic E-state index is 0.212. The van der Waals surface area contributed by atoms with E-state index in [1.807, 2.05) is 0 Å². The second-order valence-corrected chi connectivity index (χ2v) is 6.25. The Morgan fingerprint density at radius 1 is 0.952 bits per heavy atom. The third-order valence-electron chi connectivity index (χ3n) is 5.52. The van der Waals surface area contributed by atoms with E-state index < -0.39 is 0 Å². The third kappa shape index (κ3) is 1.87. The third-order valence-corrected chi connectivity index (χ3v) is 5.52. The highest BCUT2D eigenvalue weighted by Gasteiger charge is 2.50. The molecule has 0 saturated carbocycles. The van der Waals surface area contributed by atoms with Crippen molar-refractivity contribution in [2.45, 2.75) is 58.4 Å². The van der Waals surface area contributed by atoms with Gasteiger partial charge < -0.3 is 0 Å². The van der Waals surface area contributed by atoms with Crippen LogP contribution in [0.1, 0.15) is 57.2 Å². The van der Waals surface area contributed by atoms with Crippen LogP contribution in [0.4, 0.5) is 0 Å².